The summed E-state index contributed by atoms with van der Waals surface area (Å²) in [6.07, 6.45) is 13.8. The van der Waals surface area contributed by atoms with Crippen LogP contribution in [0.1, 0.15) is 38.5 Å². The number of ether oxygens (including phenoxy) is 1. The standard InChI is InChI=1S/C23H32N4O3/c28-21(11-17-2-9-30-10-3-17)26-7-4-23(5-8-26)12-20(23)14-25-22(29)27-15-18-1-6-24-13-19(18)16-27/h1,6,13,15,17,20,24H,2-5,7-12,14,16H2,(H,25,29). The number of allylic oxidation sites excluding steroid dienone is 1. The normalized spacial score (nSPS) is 27.3. The molecule has 4 aliphatic heterocycles. The average Bonchev–Trinajstić information content (AvgIpc) is 3.25. The lowest BCUT2D eigenvalue weighted by atomic mass is 9.89. The number of piperidine rings is 1. The van der Waals surface area contributed by atoms with Crippen LogP contribution < -0.4 is 10.6 Å². The number of hydrogen-bond donors (Lipinski definition) is 2. The van der Waals surface area contributed by atoms with Gasteiger partial charge in [0, 0.05) is 57.9 Å². The Morgan fingerprint density at radius 1 is 1.23 bits per heavy atom. The maximum atomic E-state index is 12.7. The first-order chi connectivity index (χ1) is 14.6. The predicted octanol–water partition coefficient (Wildman–Crippen LogP) is 2.34. The molecule has 2 N–H and O–H groups in total. The van der Waals surface area contributed by atoms with Gasteiger partial charge in [-0.1, -0.05) is 0 Å². The molecule has 2 saturated heterocycles. The molecule has 0 aromatic carbocycles. The van der Waals surface area contributed by atoms with Crippen molar-refractivity contribution in [1.82, 2.24) is 20.4 Å². The monoisotopic (exact) mass is 412 g/mol. The molecule has 0 radical (unpaired) electrons. The molecule has 1 aliphatic carbocycles. The molecule has 0 aromatic rings. The van der Waals surface area contributed by atoms with E-state index in [4.69, 9.17) is 4.74 Å². The van der Waals surface area contributed by atoms with Crippen LogP contribution >= 0.6 is 0 Å². The maximum Gasteiger partial charge on any atom is 0.321 e. The fraction of sp³-hybridized carbons (Fsp3) is 0.652. The number of hydrogen-bond acceptors (Lipinski definition) is 4. The first kappa shape index (κ1) is 19.7. The van der Waals surface area contributed by atoms with E-state index in [1.165, 1.54) is 6.42 Å². The van der Waals surface area contributed by atoms with E-state index in [9.17, 15) is 9.59 Å². The number of carbonyl (C=O) groups is 2. The fourth-order valence-electron chi connectivity index (χ4n) is 5.44. The van der Waals surface area contributed by atoms with Crippen LogP contribution in [0.3, 0.4) is 0 Å². The third kappa shape index (κ3) is 4.00. The van der Waals surface area contributed by atoms with Gasteiger partial charge in [-0.05, 0) is 66.6 Å². The van der Waals surface area contributed by atoms with Gasteiger partial charge in [-0.2, -0.15) is 0 Å². The highest BCUT2D eigenvalue weighted by Gasteiger charge is 2.54. The number of dihydropyridines is 1. The van der Waals surface area contributed by atoms with E-state index in [2.05, 4.69) is 15.5 Å². The Morgan fingerprint density at radius 3 is 2.80 bits per heavy atom. The second-order valence-electron chi connectivity index (χ2n) is 9.47. The summed E-state index contributed by atoms with van der Waals surface area (Å²) in [5, 5.41) is 6.21. The van der Waals surface area contributed by atoms with Gasteiger partial charge >= 0.3 is 6.03 Å². The molecule has 0 aromatic heterocycles. The third-order valence-electron chi connectivity index (χ3n) is 7.66. The van der Waals surface area contributed by atoms with E-state index >= 15 is 0 Å². The smallest absolute Gasteiger partial charge is 0.321 e. The van der Waals surface area contributed by atoms with Crippen LogP contribution in [-0.2, 0) is 9.53 Å². The zero-order valence-corrected chi connectivity index (χ0v) is 17.6. The molecule has 4 heterocycles. The Bertz CT molecular complexity index is 788. The van der Waals surface area contributed by atoms with Gasteiger partial charge in [0.25, 0.3) is 0 Å². The van der Waals surface area contributed by atoms with Gasteiger partial charge in [0.1, 0.15) is 0 Å². The Kier molecular flexibility index (Phi) is 5.31. The molecule has 30 heavy (non-hydrogen) atoms. The van der Waals surface area contributed by atoms with E-state index < -0.39 is 0 Å². The van der Waals surface area contributed by atoms with Crippen LogP contribution in [0.15, 0.2) is 35.8 Å². The molecule has 0 bridgehead atoms. The zero-order valence-electron chi connectivity index (χ0n) is 17.6. The van der Waals surface area contributed by atoms with Gasteiger partial charge in [-0.25, -0.2) is 4.79 Å². The van der Waals surface area contributed by atoms with Crippen LogP contribution in [0.4, 0.5) is 4.79 Å². The molecule has 1 unspecified atom stereocenters. The van der Waals surface area contributed by atoms with Crippen LogP contribution in [0.2, 0.25) is 0 Å². The second-order valence-corrected chi connectivity index (χ2v) is 9.47. The molecule has 5 aliphatic rings. The first-order valence-electron chi connectivity index (χ1n) is 11.4. The van der Waals surface area contributed by atoms with Crippen molar-refractivity contribution in [2.75, 3.05) is 39.4 Å². The van der Waals surface area contributed by atoms with Gasteiger partial charge in [-0.15, -0.1) is 0 Å². The summed E-state index contributed by atoms with van der Waals surface area (Å²) in [5.74, 6) is 1.37. The largest absolute Gasteiger partial charge is 0.381 e. The summed E-state index contributed by atoms with van der Waals surface area (Å²) in [6.45, 7) is 4.71. The van der Waals surface area contributed by atoms with E-state index in [1.54, 1.807) is 4.90 Å². The quantitative estimate of drug-likeness (QED) is 0.743. The van der Waals surface area contributed by atoms with Crippen molar-refractivity contribution < 1.29 is 14.3 Å². The maximum absolute atomic E-state index is 12.7. The molecular formula is C23H32N4O3. The molecule has 5 rings (SSSR count). The number of nitrogens with one attached hydrogen (secondary N) is 2. The lowest BCUT2D eigenvalue weighted by Crippen LogP contribution is -2.41. The van der Waals surface area contributed by atoms with Crippen molar-refractivity contribution in [3.05, 3.63) is 35.8 Å². The van der Waals surface area contributed by atoms with Crippen molar-refractivity contribution >= 4 is 11.9 Å². The van der Waals surface area contributed by atoms with Crippen molar-refractivity contribution in [3.8, 4) is 0 Å². The number of likely N-dealkylation sites (tertiary alicyclic amines) is 1. The van der Waals surface area contributed by atoms with Gasteiger partial charge < -0.3 is 20.3 Å². The minimum Gasteiger partial charge on any atom is -0.381 e. The number of carbonyl (C=O) groups excluding carboxylic acids is 2. The van der Waals surface area contributed by atoms with Crippen molar-refractivity contribution in [3.63, 3.8) is 0 Å². The van der Waals surface area contributed by atoms with Gasteiger partial charge in [0.05, 0.1) is 6.54 Å². The van der Waals surface area contributed by atoms with Crippen LogP contribution in [0.25, 0.3) is 0 Å². The number of fused-ring (bicyclic) bond motifs is 1. The lowest BCUT2D eigenvalue weighted by molar-refractivity contribution is -0.134. The number of urea groups is 1. The van der Waals surface area contributed by atoms with Crippen LogP contribution in [0.5, 0.6) is 0 Å². The summed E-state index contributed by atoms with van der Waals surface area (Å²) < 4.78 is 5.40. The minimum atomic E-state index is -0.0164. The highest BCUT2D eigenvalue weighted by atomic mass is 16.5. The number of nitrogens with zero attached hydrogens (tertiary/aromatic N) is 2. The molecule has 7 heteroatoms. The van der Waals surface area contributed by atoms with Crippen LogP contribution in [0, 0.1) is 17.3 Å². The lowest BCUT2D eigenvalue weighted by Gasteiger charge is -2.34. The predicted molar refractivity (Wildman–Crippen MR) is 113 cm³/mol. The molecule has 1 spiro atoms. The Balaban J connectivity index is 1.04. The summed E-state index contributed by atoms with van der Waals surface area (Å²) in [4.78, 5) is 29.0. The molecule has 1 atom stereocenters. The summed E-state index contributed by atoms with van der Waals surface area (Å²) in [6, 6.07) is -0.0164. The van der Waals surface area contributed by atoms with Crippen molar-refractivity contribution in [1.29, 1.82) is 0 Å². The second kappa shape index (κ2) is 8.10. The van der Waals surface area contributed by atoms with E-state index in [1.807, 2.05) is 24.7 Å². The molecule has 3 fully saturated rings. The van der Waals surface area contributed by atoms with Crippen LogP contribution in [-0.4, -0.2) is 61.1 Å². The SMILES string of the molecule is O=C(NCC1CC12CCN(C(=O)CC1CCOCC1)CC2)N1C=C2C=CNC=C2C1. The van der Waals surface area contributed by atoms with Gasteiger partial charge in [0.2, 0.25) is 5.91 Å². The van der Waals surface area contributed by atoms with E-state index in [0.717, 1.165) is 69.7 Å². The fourth-order valence-corrected chi connectivity index (χ4v) is 5.44. The Hall–Kier alpha value is -2.28. The Labute approximate surface area is 178 Å². The zero-order chi connectivity index (χ0) is 20.6. The molecule has 7 nitrogen and oxygen atoms in total. The number of rotatable bonds is 4. The van der Waals surface area contributed by atoms with Gasteiger partial charge in [0.15, 0.2) is 0 Å². The third-order valence-corrected chi connectivity index (χ3v) is 7.66. The molecule has 3 amide bonds. The summed E-state index contributed by atoms with van der Waals surface area (Å²) in [5.41, 5.74) is 2.59. The van der Waals surface area contributed by atoms with Crippen molar-refractivity contribution in [2.24, 2.45) is 17.3 Å². The highest BCUT2D eigenvalue weighted by molar-refractivity contribution is 5.78. The van der Waals surface area contributed by atoms with E-state index in [-0.39, 0.29) is 6.03 Å². The highest BCUT2D eigenvalue weighted by Crippen LogP contribution is 2.59. The number of amides is 3. The average molecular weight is 413 g/mol. The van der Waals surface area contributed by atoms with E-state index in [0.29, 0.717) is 36.1 Å². The minimum absolute atomic E-state index is 0.0164. The summed E-state index contributed by atoms with van der Waals surface area (Å²) in [7, 11) is 0. The Morgan fingerprint density at radius 2 is 2.03 bits per heavy atom. The first-order valence-corrected chi connectivity index (χ1v) is 11.4. The molecular weight excluding hydrogens is 380 g/mol. The van der Waals surface area contributed by atoms with Gasteiger partial charge in [-0.3, -0.25) is 9.69 Å². The van der Waals surface area contributed by atoms with Crippen molar-refractivity contribution in [2.45, 2.75) is 38.5 Å². The topological polar surface area (TPSA) is 73.9 Å². The summed E-state index contributed by atoms with van der Waals surface area (Å²) >= 11 is 0. The molecule has 162 valence electrons. The molecule has 1 saturated carbocycles.